The van der Waals surface area contributed by atoms with Crippen molar-refractivity contribution < 1.29 is 26.7 Å². The number of carbonyl (C=O) groups is 1. The molecule has 2 atom stereocenters. The van der Waals surface area contributed by atoms with Gasteiger partial charge in [0.05, 0.1) is 0 Å². The van der Waals surface area contributed by atoms with Gasteiger partial charge in [0.1, 0.15) is 0 Å². The Morgan fingerprint density at radius 1 is 1.28 bits per heavy atom. The molecule has 0 aromatic carbocycles. The number of alkyl halides is 5. The van der Waals surface area contributed by atoms with Gasteiger partial charge in [0, 0.05) is 18.6 Å². The predicted molar refractivity (Wildman–Crippen MR) is 54.0 cm³/mol. The molecule has 1 rings (SSSR count). The molecule has 0 bridgehead atoms. The maximum Gasteiger partial charge on any atom is 0.463 e. The molecule has 1 amide bonds. The van der Waals surface area contributed by atoms with Gasteiger partial charge in [-0.3, -0.25) is 4.79 Å². The summed E-state index contributed by atoms with van der Waals surface area (Å²) in [5, 5.41) is 0. The van der Waals surface area contributed by atoms with Gasteiger partial charge >= 0.3 is 18.0 Å². The molecular weight excluding hydrogens is 259 g/mol. The molecule has 2 unspecified atom stereocenters. The van der Waals surface area contributed by atoms with Crippen molar-refractivity contribution in [1.82, 2.24) is 4.90 Å². The molecule has 0 aromatic rings. The van der Waals surface area contributed by atoms with Gasteiger partial charge in [-0.15, -0.1) is 0 Å². The molecule has 0 aliphatic carbocycles. The van der Waals surface area contributed by atoms with Crippen molar-refractivity contribution in [2.45, 2.75) is 50.4 Å². The Morgan fingerprint density at radius 2 is 1.83 bits per heavy atom. The zero-order valence-corrected chi connectivity index (χ0v) is 9.81. The highest BCUT2D eigenvalue weighted by molar-refractivity contribution is 5.84. The third-order valence-electron chi connectivity index (χ3n) is 3.04. The van der Waals surface area contributed by atoms with Gasteiger partial charge in [0.2, 0.25) is 0 Å². The molecule has 1 fully saturated rings. The lowest BCUT2D eigenvalue weighted by Gasteiger charge is -2.39. The second-order valence-electron chi connectivity index (χ2n) is 4.49. The molecule has 1 saturated heterocycles. The van der Waals surface area contributed by atoms with Crippen molar-refractivity contribution in [3.8, 4) is 0 Å². The molecule has 2 N–H and O–H groups in total. The first-order chi connectivity index (χ1) is 8.09. The second-order valence-corrected chi connectivity index (χ2v) is 4.49. The normalized spacial score (nSPS) is 23.9. The van der Waals surface area contributed by atoms with Crippen LogP contribution in [0.25, 0.3) is 0 Å². The molecule has 106 valence electrons. The van der Waals surface area contributed by atoms with Crippen molar-refractivity contribution >= 4 is 5.91 Å². The molecule has 1 aliphatic heterocycles. The van der Waals surface area contributed by atoms with Crippen molar-refractivity contribution in [2.75, 3.05) is 6.54 Å². The zero-order chi connectivity index (χ0) is 14.1. The molecule has 8 heteroatoms. The Kier molecular flexibility index (Phi) is 4.19. The smallest absolute Gasteiger partial charge is 0.333 e. The number of halogens is 5. The summed E-state index contributed by atoms with van der Waals surface area (Å²) in [7, 11) is 0. The number of amides is 1. The summed E-state index contributed by atoms with van der Waals surface area (Å²) in [6, 6.07) is -1.40. The lowest BCUT2D eigenvalue weighted by atomic mass is 9.96. The first-order valence-corrected chi connectivity index (χ1v) is 5.60. The summed E-state index contributed by atoms with van der Waals surface area (Å²) in [5.74, 6) is -7.55. The highest BCUT2D eigenvalue weighted by Gasteiger charge is 2.65. The number of likely N-dealkylation sites (tertiary alicyclic amines) is 1. The van der Waals surface area contributed by atoms with Crippen LogP contribution in [0.4, 0.5) is 22.0 Å². The molecule has 0 saturated carbocycles. The summed E-state index contributed by atoms with van der Waals surface area (Å²) in [6.07, 6.45) is -4.46. The van der Waals surface area contributed by atoms with Crippen LogP contribution in [0.15, 0.2) is 0 Å². The lowest BCUT2D eigenvalue weighted by molar-refractivity contribution is -0.275. The number of nitrogens with two attached hydrogens (primary N) is 1. The van der Waals surface area contributed by atoms with E-state index in [-0.39, 0.29) is 6.54 Å². The van der Waals surface area contributed by atoms with Crippen molar-refractivity contribution in [2.24, 2.45) is 5.73 Å². The number of piperidine rings is 1. The molecule has 0 spiro atoms. The van der Waals surface area contributed by atoms with E-state index >= 15 is 0 Å². The topological polar surface area (TPSA) is 46.3 Å². The summed E-state index contributed by atoms with van der Waals surface area (Å²) in [4.78, 5) is 12.0. The summed E-state index contributed by atoms with van der Waals surface area (Å²) >= 11 is 0. The van der Waals surface area contributed by atoms with Crippen LogP contribution in [0.5, 0.6) is 0 Å². The van der Waals surface area contributed by atoms with Crippen molar-refractivity contribution in [3.05, 3.63) is 0 Å². The van der Waals surface area contributed by atoms with E-state index in [4.69, 9.17) is 5.73 Å². The molecule has 0 radical (unpaired) electrons. The fraction of sp³-hybridized carbons (Fsp3) is 0.900. The van der Waals surface area contributed by atoms with E-state index in [0.29, 0.717) is 24.2 Å². The van der Waals surface area contributed by atoms with Crippen LogP contribution in [0.1, 0.15) is 26.2 Å². The van der Waals surface area contributed by atoms with E-state index in [1.807, 2.05) is 0 Å². The molecule has 1 aliphatic rings. The monoisotopic (exact) mass is 274 g/mol. The zero-order valence-electron chi connectivity index (χ0n) is 9.81. The maximum absolute atomic E-state index is 13.0. The molecular formula is C10H15F5N2O. The minimum Gasteiger partial charge on any atom is -0.333 e. The van der Waals surface area contributed by atoms with Gasteiger partial charge in [-0.25, -0.2) is 0 Å². The number of rotatable bonds is 2. The van der Waals surface area contributed by atoms with Gasteiger partial charge in [0.15, 0.2) is 0 Å². The summed E-state index contributed by atoms with van der Waals surface area (Å²) in [6.45, 7) is 1.37. The van der Waals surface area contributed by atoms with E-state index in [9.17, 15) is 26.7 Å². The Morgan fingerprint density at radius 3 is 2.28 bits per heavy atom. The molecule has 0 aromatic heterocycles. The number of carbonyl (C=O) groups excluding carboxylic acids is 1. The summed E-state index contributed by atoms with van der Waals surface area (Å²) < 4.78 is 62.4. The average molecular weight is 274 g/mol. The largest absolute Gasteiger partial charge is 0.463 e. The molecule has 1 heterocycles. The minimum atomic E-state index is -5.87. The quantitative estimate of drug-likeness (QED) is 0.782. The molecule has 3 nitrogen and oxygen atoms in total. The Bertz CT molecular complexity index is 316. The SMILES string of the molecule is CC(N)C1CCCCN1C(=O)C(F)(F)C(F)(F)F. The highest BCUT2D eigenvalue weighted by Crippen LogP contribution is 2.38. The van der Waals surface area contributed by atoms with Gasteiger partial charge in [-0.2, -0.15) is 22.0 Å². The molecule has 18 heavy (non-hydrogen) atoms. The van der Waals surface area contributed by atoms with Crippen LogP contribution >= 0.6 is 0 Å². The number of nitrogens with zero attached hydrogens (tertiary/aromatic N) is 1. The van der Waals surface area contributed by atoms with E-state index in [1.165, 1.54) is 6.92 Å². The second kappa shape index (κ2) is 4.99. The van der Waals surface area contributed by atoms with Gasteiger partial charge in [-0.05, 0) is 26.2 Å². The van der Waals surface area contributed by atoms with Gasteiger partial charge in [0.25, 0.3) is 0 Å². The van der Waals surface area contributed by atoms with Crippen LogP contribution in [0.2, 0.25) is 0 Å². The third-order valence-corrected chi connectivity index (χ3v) is 3.04. The highest BCUT2D eigenvalue weighted by atomic mass is 19.4. The Balaban J connectivity index is 2.94. The third kappa shape index (κ3) is 2.73. The van der Waals surface area contributed by atoms with Crippen LogP contribution in [-0.4, -0.2) is 41.5 Å². The van der Waals surface area contributed by atoms with Crippen LogP contribution in [-0.2, 0) is 4.79 Å². The van der Waals surface area contributed by atoms with Crippen LogP contribution < -0.4 is 5.73 Å². The lowest BCUT2D eigenvalue weighted by Crippen LogP contribution is -2.59. The minimum absolute atomic E-state index is 0.114. The maximum atomic E-state index is 13.0. The van der Waals surface area contributed by atoms with E-state index in [2.05, 4.69) is 0 Å². The van der Waals surface area contributed by atoms with Crippen LogP contribution in [0.3, 0.4) is 0 Å². The van der Waals surface area contributed by atoms with Gasteiger partial charge in [-0.1, -0.05) is 0 Å². The number of hydrogen-bond acceptors (Lipinski definition) is 2. The standard InChI is InChI=1S/C10H15F5N2O/c1-6(16)7-4-2-3-5-17(7)8(18)9(11,12)10(13,14)15/h6-7H,2-5,16H2,1H3. The van der Waals surface area contributed by atoms with Crippen LogP contribution in [0, 0.1) is 0 Å². The van der Waals surface area contributed by atoms with Crippen molar-refractivity contribution in [1.29, 1.82) is 0 Å². The predicted octanol–water partition coefficient (Wildman–Crippen LogP) is 1.91. The number of hydrogen-bond donors (Lipinski definition) is 1. The average Bonchev–Trinajstić information content (AvgIpc) is 2.26. The fourth-order valence-electron chi connectivity index (χ4n) is 2.06. The first kappa shape index (κ1) is 15.1. The van der Waals surface area contributed by atoms with E-state index < -0.39 is 30.1 Å². The Hall–Kier alpha value is -0.920. The Labute approximate surface area is 101 Å². The van der Waals surface area contributed by atoms with Crippen molar-refractivity contribution in [3.63, 3.8) is 0 Å². The van der Waals surface area contributed by atoms with E-state index in [1.54, 1.807) is 0 Å². The first-order valence-electron chi connectivity index (χ1n) is 5.60. The fourth-order valence-corrected chi connectivity index (χ4v) is 2.06. The van der Waals surface area contributed by atoms with E-state index in [0.717, 1.165) is 0 Å². The summed E-state index contributed by atoms with van der Waals surface area (Å²) in [5.41, 5.74) is 5.53. The van der Waals surface area contributed by atoms with Gasteiger partial charge < -0.3 is 10.6 Å².